The van der Waals surface area contributed by atoms with Crippen molar-refractivity contribution in [1.82, 2.24) is 0 Å². The molecule has 1 nitrogen and oxygen atoms in total. The van der Waals surface area contributed by atoms with Crippen molar-refractivity contribution in [1.29, 1.82) is 0 Å². The van der Waals surface area contributed by atoms with Gasteiger partial charge in [0.15, 0.2) is 0 Å². The molecule has 0 radical (unpaired) electrons. The van der Waals surface area contributed by atoms with Crippen LogP contribution in [-0.2, 0) is 0 Å². The van der Waals surface area contributed by atoms with Crippen molar-refractivity contribution >= 4 is 43.2 Å². The second kappa shape index (κ2) is 5.18. The minimum absolute atomic E-state index is 0.254. The number of thiophene rings is 1. The minimum atomic E-state index is -0.293. The number of rotatable bonds is 2. The monoisotopic (exact) mass is 377 g/mol. The molecule has 0 saturated carbocycles. The molecule has 1 heterocycles. The van der Waals surface area contributed by atoms with Gasteiger partial charge in [0.25, 0.3) is 0 Å². The highest BCUT2D eigenvalue weighted by atomic mass is 79.9. The highest BCUT2D eigenvalue weighted by Gasteiger charge is 2.16. The molecule has 1 atom stereocenters. The van der Waals surface area contributed by atoms with Crippen molar-refractivity contribution in [3.05, 3.63) is 54.3 Å². The summed E-state index contributed by atoms with van der Waals surface area (Å²) in [6.07, 6.45) is 0. The topological polar surface area (TPSA) is 26.0 Å². The molecule has 1 aromatic carbocycles. The molecule has 90 valence electrons. The lowest BCUT2D eigenvalue weighted by atomic mass is 10.0. The maximum Gasteiger partial charge on any atom is 0.123 e. The maximum absolute atomic E-state index is 13.2. The van der Waals surface area contributed by atoms with Crippen LogP contribution >= 0.6 is 43.2 Å². The second-order valence-corrected chi connectivity index (χ2v) is 7.01. The normalized spacial score (nSPS) is 12.8. The SMILES string of the molecule is Cc1ccc(F)cc1C(N)c1cc(Br)c(Br)s1. The first kappa shape index (κ1) is 13.2. The van der Waals surface area contributed by atoms with Gasteiger partial charge in [0.1, 0.15) is 5.82 Å². The molecule has 0 aliphatic heterocycles. The van der Waals surface area contributed by atoms with Crippen LogP contribution in [0.5, 0.6) is 0 Å². The van der Waals surface area contributed by atoms with Crippen LogP contribution in [0, 0.1) is 12.7 Å². The first-order valence-corrected chi connectivity index (χ1v) is 7.35. The number of hydrogen-bond acceptors (Lipinski definition) is 2. The van der Waals surface area contributed by atoms with Crippen molar-refractivity contribution in [2.75, 3.05) is 0 Å². The molecule has 0 saturated heterocycles. The van der Waals surface area contributed by atoms with E-state index in [1.165, 1.54) is 12.1 Å². The summed E-state index contributed by atoms with van der Waals surface area (Å²) in [4.78, 5) is 0.998. The van der Waals surface area contributed by atoms with Gasteiger partial charge in [-0.2, -0.15) is 0 Å². The summed E-state index contributed by atoms with van der Waals surface area (Å²) in [5, 5.41) is 0. The fourth-order valence-corrected chi connectivity index (χ4v) is 3.73. The minimum Gasteiger partial charge on any atom is -0.320 e. The predicted octanol–water partition coefficient (Wildman–Crippen LogP) is 4.77. The van der Waals surface area contributed by atoms with E-state index in [-0.39, 0.29) is 11.9 Å². The summed E-state index contributed by atoms with van der Waals surface area (Å²) >= 11 is 8.41. The zero-order chi connectivity index (χ0) is 12.6. The number of hydrogen-bond donors (Lipinski definition) is 1. The molecule has 1 unspecified atom stereocenters. The van der Waals surface area contributed by atoms with Gasteiger partial charge in [-0.25, -0.2) is 4.39 Å². The largest absolute Gasteiger partial charge is 0.320 e. The molecule has 2 N–H and O–H groups in total. The Morgan fingerprint density at radius 1 is 1.29 bits per heavy atom. The molecule has 1 aromatic heterocycles. The van der Waals surface area contributed by atoms with Crippen molar-refractivity contribution in [2.24, 2.45) is 5.73 Å². The van der Waals surface area contributed by atoms with Crippen LogP contribution in [-0.4, -0.2) is 0 Å². The van der Waals surface area contributed by atoms with Crippen molar-refractivity contribution in [3.8, 4) is 0 Å². The lowest BCUT2D eigenvalue weighted by Crippen LogP contribution is -2.12. The number of aryl methyl sites for hydroxylation is 1. The molecule has 0 fully saturated rings. The van der Waals surface area contributed by atoms with Crippen molar-refractivity contribution in [2.45, 2.75) is 13.0 Å². The zero-order valence-electron chi connectivity index (χ0n) is 9.01. The molecule has 0 aliphatic carbocycles. The van der Waals surface area contributed by atoms with Gasteiger partial charge >= 0.3 is 0 Å². The van der Waals surface area contributed by atoms with E-state index in [0.717, 1.165) is 24.3 Å². The Morgan fingerprint density at radius 3 is 2.59 bits per heavy atom. The quantitative estimate of drug-likeness (QED) is 0.800. The lowest BCUT2D eigenvalue weighted by Gasteiger charge is -2.13. The van der Waals surface area contributed by atoms with E-state index in [0.29, 0.717) is 0 Å². The molecule has 0 spiro atoms. The second-order valence-electron chi connectivity index (χ2n) is 3.75. The number of nitrogens with two attached hydrogens (primary N) is 1. The van der Waals surface area contributed by atoms with Gasteiger partial charge in [-0.15, -0.1) is 11.3 Å². The van der Waals surface area contributed by atoms with Crippen LogP contribution in [0.3, 0.4) is 0 Å². The Labute approximate surface area is 120 Å². The Hall–Kier alpha value is -0.230. The average Bonchev–Trinajstić information content (AvgIpc) is 2.62. The standard InChI is InChI=1S/C12H10Br2FNS/c1-6-2-3-7(15)4-8(6)11(16)10-5-9(13)12(14)17-10/h2-5,11H,16H2,1H3. The third kappa shape index (κ3) is 2.78. The van der Waals surface area contributed by atoms with E-state index in [1.807, 2.05) is 13.0 Å². The summed E-state index contributed by atoms with van der Waals surface area (Å²) in [5.41, 5.74) is 8.00. The highest BCUT2D eigenvalue weighted by molar-refractivity contribution is 9.13. The van der Waals surface area contributed by atoms with E-state index in [4.69, 9.17) is 5.73 Å². The van der Waals surface area contributed by atoms with Crippen molar-refractivity contribution in [3.63, 3.8) is 0 Å². The summed E-state index contributed by atoms with van der Waals surface area (Å²) in [6.45, 7) is 1.94. The van der Waals surface area contributed by atoms with Gasteiger partial charge in [0.2, 0.25) is 0 Å². The van der Waals surface area contributed by atoms with Crippen LogP contribution in [0.1, 0.15) is 22.0 Å². The molecule has 0 bridgehead atoms. The van der Waals surface area contributed by atoms with Crippen molar-refractivity contribution < 1.29 is 4.39 Å². The smallest absolute Gasteiger partial charge is 0.123 e. The zero-order valence-corrected chi connectivity index (χ0v) is 13.0. The lowest BCUT2D eigenvalue weighted by molar-refractivity contribution is 0.623. The highest BCUT2D eigenvalue weighted by Crippen LogP contribution is 2.37. The Morgan fingerprint density at radius 2 is 2.00 bits per heavy atom. The van der Waals surface area contributed by atoms with E-state index in [1.54, 1.807) is 17.4 Å². The van der Waals surface area contributed by atoms with Gasteiger partial charge in [-0.1, -0.05) is 6.07 Å². The summed E-state index contributed by atoms with van der Waals surface area (Å²) in [6, 6.07) is 6.37. The summed E-state index contributed by atoms with van der Waals surface area (Å²) in [5.74, 6) is -0.254. The van der Waals surface area contributed by atoms with E-state index in [2.05, 4.69) is 31.9 Å². The fourth-order valence-electron chi connectivity index (χ4n) is 1.62. The molecule has 2 rings (SSSR count). The summed E-state index contributed by atoms with van der Waals surface area (Å²) < 4.78 is 15.2. The van der Waals surface area contributed by atoms with E-state index >= 15 is 0 Å². The summed E-state index contributed by atoms with van der Waals surface area (Å²) in [7, 11) is 0. The molecule has 0 aliphatic rings. The third-order valence-electron chi connectivity index (χ3n) is 2.55. The van der Waals surface area contributed by atoms with Gasteiger partial charge < -0.3 is 5.73 Å². The van der Waals surface area contributed by atoms with Gasteiger partial charge in [-0.3, -0.25) is 0 Å². The Balaban J connectivity index is 2.42. The molecule has 17 heavy (non-hydrogen) atoms. The molecule has 2 aromatic rings. The maximum atomic E-state index is 13.2. The van der Waals surface area contributed by atoms with E-state index in [9.17, 15) is 4.39 Å². The van der Waals surface area contributed by atoms with Crippen LogP contribution in [0.4, 0.5) is 4.39 Å². The molecular formula is C12H10Br2FNS. The average molecular weight is 379 g/mol. The Bertz CT molecular complexity index is 534. The first-order chi connectivity index (χ1) is 7.99. The first-order valence-electron chi connectivity index (χ1n) is 4.95. The van der Waals surface area contributed by atoms with Gasteiger partial charge in [0, 0.05) is 9.35 Å². The number of halogens is 3. The molecule has 5 heteroatoms. The van der Waals surface area contributed by atoms with E-state index < -0.39 is 0 Å². The molecule has 0 amide bonds. The van der Waals surface area contributed by atoms with Crippen LogP contribution in [0.2, 0.25) is 0 Å². The van der Waals surface area contributed by atoms with Crippen LogP contribution in [0.15, 0.2) is 32.5 Å². The van der Waals surface area contributed by atoms with Crippen LogP contribution in [0.25, 0.3) is 0 Å². The third-order valence-corrected chi connectivity index (χ3v) is 5.89. The fraction of sp³-hybridized carbons (Fsp3) is 0.167. The molecular weight excluding hydrogens is 369 g/mol. The Kier molecular flexibility index (Phi) is 4.02. The predicted molar refractivity (Wildman–Crippen MR) is 76.9 cm³/mol. The van der Waals surface area contributed by atoms with Gasteiger partial charge in [-0.05, 0) is 68.1 Å². The number of benzene rings is 1. The van der Waals surface area contributed by atoms with Gasteiger partial charge in [0.05, 0.1) is 9.83 Å². The van der Waals surface area contributed by atoms with Crippen LogP contribution < -0.4 is 5.73 Å².